The maximum atomic E-state index is 12.1. The number of anilines is 1. The van der Waals surface area contributed by atoms with Crippen LogP contribution in [0.4, 0.5) is 5.69 Å². The first kappa shape index (κ1) is 15.9. The van der Waals surface area contributed by atoms with Crippen molar-refractivity contribution in [3.05, 3.63) is 53.6 Å². The van der Waals surface area contributed by atoms with Crippen LogP contribution in [-0.4, -0.2) is 36.0 Å². The highest BCUT2D eigenvalue weighted by molar-refractivity contribution is 5.92. The summed E-state index contributed by atoms with van der Waals surface area (Å²) in [6.07, 6.45) is 2.38. The van der Waals surface area contributed by atoms with Crippen molar-refractivity contribution in [3.63, 3.8) is 0 Å². The van der Waals surface area contributed by atoms with Crippen molar-refractivity contribution in [1.29, 1.82) is 0 Å². The molecule has 1 aromatic carbocycles. The first-order valence-electron chi connectivity index (χ1n) is 7.32. The molecule has 5 nitrogen and oxygen atoms in total. The van der Waals surface area contributed by atoms with Gasteiger partial charge in [0.25, 0.3) is 5.91 Å². The number of carbonyl (C=O) groups is 1. The number of hydrogen-bond acceptors (Lipinski definition) is 4. The zero-order valence-corrected chi connectivity index (χ0v) is 13.5. The summed E-state index contributed by atoms with van der Waals surface area (Å²) in [7, 11) is 4.03. The number of benzene rings is 1. The van der Waals surface area contributed by atoms with Crippen LogP contribution in [0.2, 0.25) is 0 Å². The minimum atomic E-state index is -0.164. The van der Waals surface area contributed by atoms with Crippen molar-refractivity contribution in [3.8, 4) is 0 Å². The smallest absolute Gasteiger partial charge is 0.270 e. The van der Waals surface area contributed by atoms with Crippen LogP contribution in [0.5, 0.6) is 0 Å². The van der Waals surface area contributed by atoms with E-state index in [1.54, 1.807) is 19.2 Å². The molecule has 0 aliphatic carbocycles. The van der Waals surface area contributed by atoms with Crippen molar-refractivity contribution in [2.75, 3.05) is 19.0 Å². The molecule has 22 heavy (non-hydrogen) atoms. The van der Waals surface area contributed by atoms with Crippen LogP contribution in [0.25, 0.3) is 0 Å². The van der Waals surface area contributed by atoms with E-state index >= 15 is 0 Å². The Morgan fingerprint density at radius 2 is 1.91 bits per heavy atom. The number of rotatable bonds is 5. The molecule has 2 aromatic rings. The zero-order chi connectivity index (χ0) is 16.1. The molecule has 0 fully saturated rings. The Bertz CT molecular complexity index is 637. The predicted molar refractivity (Wildman–Crippen MR) is 88.2 cm³/mol. The minimum absolute atomic E-state index is 0.0352. The van der Waals surface area contributed by atoms with Crippen molar-refractivity contribution in [2.24, 2.45) is 0 Å². The minimum Gasteiger partial charge on any atom is -0.378 e. The standard InChI is InChI=1S/C17H22N4O/c1-12(11-14-5-7-15(8-6-14)21(3)4)19-17(22)16-9-10-18-13(2)20-16/h5-10,12H,11H2,1-4H3,(H,19,22). The lowest BCUT2D eigenvalue weighted by Crippen LogP contribution is -2.34. The van der Waals surface area contributed by atoms with Crippen LogP contribution in [0.3, 0.4) is 0 Å². The molecule has 1 aromatic heterocycles. The molecule has 0 aliphatic heterocycles. The van der Waals surface area contributed by atoms with Gasteiger partial charge in [-0.15, -0.1) is 0 Å². The van der Waals surface area contributed by atoms with E-state index < -0.39 is 0 Å². The van der Waals surface area contributed by atoms with Crippen molar-refractivity contribution >= 4 is 11.6 Å². The lowest BCUT2D eigenvalue weighted by Gasteiger charge is -2.16. The van der Waals surface area contributed by atoms with Gasteiger partial charge in [-0.05, 0) is 44.0 Å². The van der Waals surface area contributed by atoms with E-state index in [1.807, 2.05) is 21.0 Å². The Labute approximate surface area is 131 Å². The number of nitrogens with zero attached hydrogens (tertiary/aromatic N) is 3. The molecule has 2 rings (SSSR count). The van der Waals surface area contributed by atoms with Crippen LogP contribution < -0.4 is 10.2 Å². The summed E-state index contributed by atoms with van der Waals surface area (Å²) in [6.45, 7) is 3.76. The van der Waals surface area contributed by atoms with Crippen LogP contribution in [-0.2, 0) is 6.42 Å². The molecule has 0 radical (unpaired) electrons. The Morgan fingerprint density at radius 1 is 1.23 bits per heavy atom. The normalized spacial score (nSPS) is 11.8. The van der Waals surface area contributed by atoms with Gasteiger partial charge in [0.1, 0.15) is 11.5 Å². The van der Waals surface area contributed by atoms with Gasteiger partial charge in [-0.2, -0.15) is 0 Å². The van der Waals surface area contributed by atoms with Gasteiger partial charge in [0, 0.05) is 32.0 Å². The number of hydrogen-bond donors (Lipinski definition) is 1. The highest BCUT2D eigenvalue weighted by Crippen LogP contribution is 2.13. The molecule has 1 N–H and O–H groups in total. The molecular formula is C17H22N4O. The van der Waals surface area contributed by atoms with Crippen LogP contribution in [0.15, 0.2) is 36.5 Å². The van der Waals surface area contributed by atoms with Crippen LogP contribution in [0.1, 0.15) is 28.8 Å². The fraction of sp³-hybridized carbons (Fsp3) is 0.353. The molecule has 1 unspecified atom stereocenters. The highest BCUT2D eigenvalue weighted by atomic mass is 16.1. The van der Waals surface area contributed by atoms with E-state index in [4.69, 9.17) is 0 Å². The van der Waals surface area contributed by atoms with Crippen molar-refractivity contribution < 1.29 is 4.79 Å². The van der Waals surface area contributed by atoms with Gasteiger partial charge in [-0.3, -0.25) is 4.79 Å². The molecule has 0 saturated heterocycles. The molecular weight excluding hydrogens is 276 g/mol. The number of aromatic nitrogens is 2. The molecule has 116 valence electrons. The zero-order valence-electron chi connectivity index (χ0n) is 13.5. The summed E-state index contributed by atoms with van der Waals surface area (Å²) in [5.74, 6) is 0.433. The van der Waals surface area contributed by atoms with Gasteiger partial charge < -0.3 is 10.2 Å². The largest absolute Gasteiger partial charge is 0.378 e. The van der Waals surface area contributed by atoms with Gasteiger partial charge in [-0.25, -0.2) is 9.97 Å². The summed E-state index contributed by atoms with van der Waals surface area (Å²) >= 11 is 0. The molecule has 5 heteroatoms. The van der Waals surface area contributed by atoms with Crippen LogP contribution >= 0.6 is 0 Å². The second kappa shape index (κ2) is 7.02. The molecule has 1 atom stereocenters. The van der Waals surface area contributed by atoms with E-state index in [1.165, 1.54) is 5.56 Å². The SMILES string of the molecule is Cc1nccc(C(=O)NC(C)Cc2ccc(N(C)C)cc2)n1. The van der Waals surface area contributed by atoms with Crippen molar-refractivity contribution in [2.45, 2.75) is 26.3 Å². The van der Waals surface area contributed by atoms with E-state index in [2.05, 4.69) is 44.5 Å². The van der Waals surface area contributed by atoms with E-state index in [0.717, 1.165) is 12.1 Å². The second-order valence-corrected chi connectivity index (χ2v) is 5.63. The third-order valence-corrected chi connectivity index (χ3v) is 3.38. The molecule has 0 aliphatic rings. The summed E-state index contributed by atoms with van der Waals surface area (Å²) in [5.41, 5.74) is 2.76. The summed E-state index contributed by atoms with van der Waals surface area (Å²) in [5, 5.41) is 2.97. The molecule has 0 spiro atoms. The molecule has 0 bridgehead atoms. The summed E-state index contributed by atoms with van der Waals surface area (Å²) in [6, 6.07) is 10.0. The predicted octanol–water partition coefficient (Wildman–Crippen LogP) is 2.21. The third kappa shape index (κ3) is 4.28. The average Bonchev–Trinajstić information content (AvgIpc) is 2.47. The third-order valence-electron chi connectivity index (χ3n) is 3.38. The monoisotopic (exact) mass is 298 g/mol. The second-order valence-electron chi connectivity index (χ2n) is 5.63. The Hall–Kier alpha value is -2.43. The van der Waals surface area contributed by atoms with Gasteiger partial charge >= 0.3 is 0 Å². The molecule has 1 amide bonds. The van der Waals surface area contributed by atoms with Gasteiger partial charge in [0.2, 0.25) is 0 Å². The summed E-state index contributed by atoms with van der Waals surface area (Å²) < 4.78 is 0. The van der Waals surface area contributed by atoms with E-state index in [-0.39, 0.29) is 11.9 Å². The first-order valence-corrected chi connectivity index (χ1v) is 7.32. The highest BCUT2D eigenvalue weighted by Gasteiger charge is 2.12. The topological polar surface area (TPSA) is 58.1 Å². The van der Waals surface area contributed by atoms with Crippen LogP contribution in [0, 0.1) is 6.92 Å². The maximum absolute atomic E-state index is 12.1. The van der Waals surface area contributed by atoms with E-state index in [0.29, 0.717) is 11.5 Å². The quantitative estimate of drug-likeness (QED) is 0.919. The van der Waals surface area contributed by atoms with Gasteiger partial charge in [-0.1, -0.05) is 12.1 Å². The van der Waals surface area contributed by atoms with Gasteiger partial charge in [0.15, 0.2) is 0 Å². The number of nitrogens with one attached hydrogen (secondary N) is 1. The lowest BCUT2D eigenvalue weighted by atomic mass is 10.1. The average molecular weight is 298 g/mol. The first-order chi connectivity index (χ1) is 10.5. The molecule has 0 saturated carbocycles. The fourth-order valence-corrected chi connectivity index (χ4v) is 2.22. The number of amides is 1. The van der Waals surface area contributed by atoms with E-state index in [9.17, 15) is 4.79 Å². The molecule has 1 heterocycles. The maximum Gasteiger partial charge on any atom is 0.270 e. The Morgan fingerprint density at radius 3 is 2.50 bits per heavy atom. The number of carbonyl (C=O) groups excluding carboxylic acids is 1. The van der Waals surface area contributed by atoms with Gasteiger partial charge in [0.05, 0.1) is 0 Å². The Kier molecular flexibility index (Phi) is 5.09. The Balaban J connectivity index is 1.95. The lowest BCUT2D eigenvalue weighted by molar-refractivity contribution is 0.0934. The fourth-order valence-electron chi connectivity index (χ4n) is 2.22. The summed E-state index contributed by atoms with van der Waals surface area (Å²) in [4.78, 5) is 22.3. The van der Waals surface area contributed by atoms with Crippen molar-refractivity contribution in [1.82, 2.24) is 15.3 Å². The number of aryl methyl sites for hydroxylation is 1.